The summed E-state index contributed by atoms with van der Waals surface area (Å²) in [5, 5.41) is 2.89. The maximum absolute atomic E-state index is 11.8. The first-order valence-corrected chi connectivity index (χ1v) is 7.51. The molecule has 0 saturated carbocycles. The van der Waals surface area contributed by atoms with Gasteiger partial charge in [-0.05, 0) is 43.9 Å². The van der Waals surface area contributed by atoms with Crippen LogP contribution in [0.5, 0.6) is 11.5 Å². The normalized spacial score (nSPS) is 11.9. The van der Waals surface area contributed by atoms with Gasteiger partial charge in [0.25, 0.3) is 5.91 Å². The van der Waals surface area contributed by atoms with Gasteiger partial charge in [0, 0.05) is 6.04 Å². The quantitative estimate of drug-likeness (QED) is 0.713. The van der Waals surface area contributed by atoms with Crippen LogP contribution in [0.25, 0.3) is 0 Å². The average Bonchev–Trinajstić information content (AvgIpc) is 2.50. The van der Waals surface area contributed by atoms with Gasteiger partial charge in [-0.2, -0.15) is 0 Å². The van der Waals surface area contributed by atoms with Gasteiger partial charge in [0.15, 0.2) is 12.9 Å². The lowest BCUT2D eigenvalue weighted by atomic mass is 10.0. The Morgan fingerprint density at radius 2 is 2.00 bits per heavy atom. The molecule has 0 saturated heterocycles. The monoisotopic (exact) mass is 307 g/mol. The molecule has 0 aliphatic carbocycles. The zero-order valence-corrected chi connectivity index (χ0v) is 13.7. The van der Waals surface area contributed by atoms with Gasteiger partial charge >= 0.3 is 0 Å². The highest BCUT2D eigenvalue weighted by Crippen LogP contribution is 2.22. The molecule has 5 heteroatoms. The fourth-order valence-electron chi connectivity index (χ4n) is 1.99. The molecule has 122 valence electrons. The topological polar surface area (TPSA) is 64.6 Å². The van der Waals surface area contributed by atoms with Crippen molar-refractivity contribution >= 4 is 12.2 Å². The molecule has 1 N–H and O–H groups in total. The van der Waals surface area contributed by atoms with Crippen molar-refractivity contribution in [2.75, 3.05) is 13.7 Å². The van der Waals surface area contributed by atoms with Crippen molar-refractivity contribution < 1.29 is 19.1 Å². The highest BCUT2D eigenvalue weighted by Gasteiger charge is 2.11. The molecule has 1 aromatic rings. The lowest BCUT2D eigenvalue weighted by molar-refractivity contribution is -0.123. The third kappa shape index (κ3) is 6.16. The van der Waals surface area contributed by atoms with Crippen LogP contribution < -0.4 is 14.8 Å². The molecule has 0 unspecified atom stereocenters. The SMILES string of the molecule is COc1ccc(OCC(=O)N[C@H](C)CCC(C)C)c(C=O)c1. The first-order valence-electron chi connectivity index (χ1n) is 7.51. The van der Waals surface area contributed by atoms with Crippen LogP contribution >= 0.6 is 0 Å². The zero-order chi connectivity index (χ0) is 16.5. The van der Waals surface area contributed by atoms with E-state index in [1.54, 1.807) is 18.2 Å². The lowest BCUT2D eigenvalue weighted by Crippen LogP contribution is -2.36. The van der Waals surface area contributed by atoms with Gasteiger partial charge < -0.3 is 14.8 Å². The lowest BCUT2D eigenvalue weighted by Gasteiger charge is -2.15. The number of carbonyl (C=O) groups excluding carboxylic acids is 2. The van der Waals surface area contributed by atoms with Gasteiger partial charge in [0.2, 0.25) is 0 Å². The minimum Gasteiger partial charge on any atom is -0.497 e. The molecule has 0 aliphatic rings. The minimum atomic E-state index is -0.191. The number of hydrogen-bond donors (Lipinski definition) is 1. The summed E-state index contributed by atoms with van der Waals surface area (Å²) in [4.78, 5) is 22.9. The van der Waals surface area contributed by atoms with Crippen molar-refractivity contribution in [3.63, 3.8) is 0 Å². The summed E-state index contributed by atoms with van der Waals surface area (Å²) in [5.74, 6) is 1.37. The van der Waals surface area contributed by atoms with E-state index in [2.05, 4.69) is 19.2 Å². The molecular weight excluding hydrogens is 282 g/mol. The molecule has 1 aromatic carbocycles. The van der Waals surface area contributed by atoms with Crippen LogP contribution in [0.1, 0.15) is 44.0 Å². The number of carbonyl (C=O) groups is 2. The second-order valence-electron chi connectivity index (χ2n) is 5.75. The number of ether oxygens (including phenoxy) is 2. The van der Waals surface area contributed by atoms with Crippen LogP contribution in [-0.4, -0.2) is 32.0 Å². The Morgan fingerprint density at radius 3 is 2.59 bits per heavy atom. The van der Waals surface area contributed by atoms with Crippen LogP contribution in [0.15, 0.2) is 18.2 Å². The average molecular weight is 307 g/mol. The van der Waals surface area contributed by atoms with E-state index >= 15 is 0 Å². The second kappa shape index (κ2) is 9.07. The Labute approximate surface area is 132 Å². The van der Waals surface area contributed by atoms with Crippen LogP contribution in [-0.2, 0) is 4.79 Å². The largest absolute Gasteiger partial charge is 0.497 e. The Kier molecular flexibility index (Phi) is 7.43. The maximum atomic E-state index is 11.8. The molecule has 0 bridgehead atoms. The molecule has 1 rings (SSSR count). The highest BCUT2D eigenvalue weighted by atomic mass is 16.5. The zero-order valence-electron chi connectivity index (χ0n) is 13.7. The van der Waals surface area contributed by atoms with Gasteiger partial charge in [-0.15, -0.1) is 0 Å². The molecule has 0 radical (unpaired) electrons. The molecule has 1 amide bonds. The van der Waals surface area contributed by atoms with E-state index in [4.69, 9.17) is 9.47 Å². The number of rotatable bonds is 9. The smallest absolute Gasteiger partial charge is 0.258 e. The molecule has 0 spiro atoms. The highest BCUT2D eigenvalue weighted by molar-refractivity contribution is 5.81. The first-order chi connectivity index (χ1) is 10.5. The molecule has 0 aromatic heterocycles. The standard InChI is InChI=1S/C17H25NO4/c1-12(2)5-6-13(3)18-17(20)11-22-16-8-7-15(21-4)9-14(16)10-19/h7-10,12-13H,5-6,11H2,1-4H3,(H,18,20)/t13-/m1/s1. The molecule has 5 nitrogen and oxygen atoms in total. The van der Waals surface area contributed by atoms with Crippen molar-refractivity contribution in [2.45, 2.75) is 39.7 Å². The fraction of sp³-hybridized carbons (Fsp3) is 0.529. The van der Waals surface area contributed by atoms with Gasteiger partial charge in [-0.1, -0.05) is 13.8 Å². The Hall–Kier alpha value is -2.04. The number of benzene rings is 1. The third-order valence-electron chi connectivity index (χ3n) is 3.29. The van der Waals surface area contributed by atoms with Gasteiger partial charge in [0.1, 0.15) is 11.5 Å². The summed E-state index contributed by atoms with van der Waals surface area (Å²) in [6.45, 7) is 6.17. The predicted molar refractivity (Wildman–Crippen MR) is 85.6 cm³/mol. The minimum absolute atomic E-state index is 0.111. The number of aldehydes is 1. The van der Waals surface area contributed by atoms with Crippen molar-refractivity contribution in [2.24, 2.45) is 5.92 Å². The summed E-state index contributed by atoms with van der Waals surface area (Å²) in [5.41, 5.74) is 0.361. The van der Waals surface area contributed by atoms with E-state index in [9.17, 15) is 9.59 Å². The summed E-state index contributed by atoms with van der Waals surface area (Å²) in [6.07, 6.45) is 2.68. The van der Waals surface area contributed by atoms with E-state index in [0.717, 1.165) is 12.8 Å². The van der Waals surface area contributed by atoms with Crippen molar-refractivity contribution in [1.29, 1.82) is 0 Å². The van der Waals surface area contributed by atoms with E-state index in [0.29, 0.717) is 29.3 Å². The number of methoxy groups -OCH3 is 1. The predicted octanol–water partition coefficient (Wildman–Crippen LogP) is 2.83. The van der Waals surface area contributed by atoms with Crippen LogP contribution in [0.4, 0.5) is 0 Å². The van der Waals surface area contributed by atoms with Crippen molar-refractivity contribution in [1.82, 2.24) is 5.32 Å². The summed E-state index contributed by atoms with van der Waals surface area (Å²) in [6, 6.07) is 4.99. The van der Waals surface area contributed by atoms with Crippen molar-refractivity contribution in [3.05, 3.63) is 23.8 Å². The third-order valence-corrected chi connectivity index (χ3v) is 3.29. The maximum Gasteiger partial charge on any atom is 0.258 e. The van der Waals surface area contributed by atoms with E-state index in [1.807, 2.05) is 6.92 Å². The summed E-state index contributed by atoms with van der Waals surface area (Å²) in [7, 11) is 1.52. The molecule has 1 atom stereocenters. The Balaban J connectivity index is 2.48. The molecule has 22 heavy (non-hydrogen) atoms. The van der Waals surface area contributed by atoms with Gasteiger partial charge in [-0.25, -0.2) is 0 Å². The fourth-order valence-corrected chi connectivity index (χ4v) is 1.99. The van der Waals surface area contributed by atoms with E-state index in [-0.39, 0.29) is 18.6 Å². The summed E-state index contributed by atoms with van der Waals surface area (Å²) >= 11 is 0. The number of hydrogen-bond acceptors (Lipinski definition) is 4. The Bertz CT molecular complexity index is 499. The first kappa shape index (κ1) is 18.0. The number of amides is 1. The van der Waals surface area contributed by atoms with Gasteiger partial charge in [0.05, 0.1) is 12.7 Å². The van der Waals surface area contributed by atoms with Crippen LogP contribution in [0.2, 0.25) is 0 Å². The molecule has 0 heterocycles. The van der Waals surface area contributed by atoms with Gasteiger partial charge in [-0.3, -0.25) is 9.59 Å². The summed E-state index contributed by atoms with van der Waals surface area (Å²) < 4.78 is 10.5. The Morgan fingerprint density at radius 1 is 1.27 bits per heavy atom. The van der Waals surface area contributed by atoms with Crippen LogP contribution in [0, 0.1) is 5.92 Å². The molecular formula is C17H25NO4. The molecule has 0 aliphatic heterocycles. The van der Waals surface area contributed by atoms with E-state index in [1.165, 1.54) is 7.11 Å². The number of nitrogens with one attached hydrogen (secondary N) is 1. The van der Waals surface area contributed by atoms with Crippen molar-refractivity contribution in [3.8, 4) is 11.5 Å². The van der Waals surface area contributed by atoms with Crippen LogP contribution in [0.3, 0.4) is 0 Å². The second-order valence-corrected chi connectivity index (χ2v) is 5.75. The van der Waals surface area contributed by atoms with E-state index < -0.39 is 0 Å². The molecule has 0 fully saturated rings.